The number of thiophene rings is 1. The van der Waals surface area contributed by atoms with Gasteiger partial charge in [-0.1, -0.05) is 32.4 Å². The van der Waals surface area contributed by atoms with Gasteiger partial charge in [0, 0.05) is 55.2 Å². The zero-order valence-corrected chi connectivity index (χ0v) is 25.1. The van der Waals surface area contributed by atoms with Crippen LogP contribution < -0.4 is 10.9 Å². The SMILES string of the molecule is CN(C)C(=O)c1c(-c2cc(NCc3ccc(Cl)s3)n(C(=O)C(C)(C)C)n2)ccc(=O)n1CC(=O)N1CCCCC1. The van der Waals surface area contributed by atoms with Crippen LogP contribution in [0.4, 0.5) is 5.82 Å². The van der Waals surface area contributed by atoms with Crippen LogP contribution in [0, 0.1) is 5.41 Å². The van der Waals surface area contributed by atoms with Crippen LogP contribution in [0.5, 0.6) is 0 Å². The third-order valence-corrected chi connectivity index (χ3v) is 7.92. The number of rotatable bonds is 7. The number of pyridine rings is 1. The molecule has 12 heteroatoms. The number of likely N-dealkylation sites (tertiary alicyclic amines) is 1. The predicted octanol–water partition coefficient (Wildman–Crippen LogP) is 4.44. The summed E-state index contributed by atoms with van der Waals surface area (Å²) in [6.07, 6.45) is 2.89. The Bertz CT molecular complexity index is 1480. The first-order valence-electron chi connectivity index (χ1n) is 13.2. The fourth-order valence-electron chi connectivity index (χ4n) is 4.50. The maximum atomic E-state index is 13.5. The van der Waals surface area contributed by atoms with Crippen molar-refractivity contribution in [2.24, 2.45) is 5.41 Å². The number of carbonyl (C=O) groups is 3. The van der Waals surface area contributed by atoms with Crippen molar-refractivity contribution in [3.8, 4) is 11.3 Å². The standard InChI is InChI=1S/C28H35ClN6O4S/c1-28(2,3)27(39)35-22(30-16-18-9-11-21(29)40-18)15-20(31-35)19-10-12-23(36)34(25(19)26(38)32(4)5)17-24(37)33-13-7-6-8-14-33/h9-12,15,30H,6-8,13-14,16-17H2,1-5H3. The molecule has 0 atom stereocenters. The van der Waals surface area contributed by atoms with Crippen LogP contribution in [-0.2, 0) is 17.9 Å². The van der Waals surface area contributed by atoms with E-state index in [0.29, 0.717) is 41.0 Å². The summed E-state index contributed by atoms with van der Waals surface area (Å²) in [4.78, 5) is 57.1. The molecule has 0 saturated carbocycles. The molecule has 3 aromatic heterocycles. The summed E-state index contributed by atoms with van der Waals surface area (Å²) in [5.74, 6) is -0.472. The third-order valence-electron chi connectivity index (χ3n) is 6.69. The summed E-state index contributed by atoms with van der Waals surface area (Å²) in [6, 6.07) is 8.24. The van der Waals surface area contributed by atoms with E-state index in [4.69, 9.17) is 11.6 Å². The van der Waals surface area contributed by atoms with Gasteiger partial charge in [-0.3, -0.25) is 23.7 Å². The van der Waals surface area contributed by atoms with Crippen molar-refractivity contribution in [2.75, 3.05) is 32.5 Å². The summed E-state index contributed by atoms with van der Waals surface area (Å²) in [5, 5.41) is 7.87. The van der Waals surface area contributed by atoms with Crippen molar-refractivity contribution in [1.82, 2.24) is 24.1 Å². The Morgan fingerprint density at radius 1 is 1.07 bits per heavy atom. The number of nitrogens with one attached hydrogen (secondary N) is 1. The summed E-state index contributed by atoms with van der Waals surface area (Å²) in [5.41, 5.74) is -0.473. The van der Waals surface area contributed by atoms with E-state index >= 15 is 0 Å². The van der Waals surface area contributed by atoms with Crippen molar-refractivity contribution < 1.29 is 14.4 Å². The van der Waals surface area contributed by atoms with Crippen LogP contribution in [0.1, 0.15) is 60.2 Å². The van der Waals surface area contributed by atoms with E-state index in [-0.39, 0.29) is 24.1 Å². The highest BCUT2D eigenvalue weighted by Gasteiger charge is 2.30. The summed E-state index contributed by atoms with van der Waals surface area (Å²) in [6.45, 7) is 6.81. The number of piperidine rings is 1. The lowest BCUT2D eigenvalue weighted by Gasteiger charge is -2.27. The van der Waals surface area contributed by atoms with E-state index in [1.165, 1.54) is 37.6 Å². The van der Waals surface area contributed by atoms with Gasteiger partial charge in [0.2, 0.25) is 5.91 Å². The van der Waals surface area contributed by atoms with E-state index in [0.717, 1.165) is 24.1 Å². The molecule has 0 unspecified atom stereocenters. The summed E-state index contributed by atoms with van der Waals surface area (Å²) in [7, 11) is 3.17. The zero-order chi connectivity index (χ0) is 29.2. The topological polar surface area (TPSA) is 110 Å². The van der Waals surface area contributed by atoms with Gasteiger partial charge in [0.1, 0.15) is 18.1 Å². The highest BCUT2D eigenvalue weighted by Crippen LogP contribution is 2.29. The van der Waals surface area contributed by atoms with E-state index in [9.17, 15) is 19.2 Å². The first-order chi connectivity index (χ1) is 18.9. The summed E-state index contributed by atoms with van der Waals surface area (Å²) >= 11 is 7.51. The molecule has 0 aromatic carbocycles. The largest absolute Gasteiger partial charge is 0.365 e. The number of hydrogen-bond acceptors (Lipinski definition) is 7. The van der Waals surface area contributed by atoms with E-state index in [2.05, 4.69) is 10.4 Å². The van der Waals surface area contributed by atoms with Crippen LogP contribution in [0.3, 0.4) is 0 Å². The lowest BCUT2D eigenvalue weighted by molar-refractivity contribution is -0.132. The Hall–Kier alpha value is -3.44. The van der Waals surface area contributed by atoms with E-state index in [1.807, 2.05) is 6.07 Å². The van der Waals surface area contributed by atoms with Crippen LogP contribution >= 0.6 is 22.9 Å². The molecule has 4 rings (SSSR count). The molecule has 2 amide bonds. The Morgan fingerprint density at radius 3 is 2.38 bits per heavy atom. The number of carbonyl (C=O) groups excluding carboxylic acids is 3. The highest BCUT2D eigenvalue weighted by atomic mass is 35.5. The second-order valence-corrected chi connectivity index (χ2v) is 12.9. The highest BCUT2D eigenvalue weighted by molar-refractivity contribution is 7.16. The second kappa shape index (κ2) is 12.0. The average Bonchev–Trinajstić information content (AvgIpc) is 3.53. The first-order valence-corrected chi connectivity index (χ1v) is 14.4. The van der Waals surface area contributed by atoms with Gasteiger partial charge in [-0.05, 0) is 37.5 Å². The molecule has 0 radical (unpaired) electrons. The second-order valence-electron chi connectivity index (χ2n) is 11.1. The van der Waals surface area contributed by atoms with Gasteiger partial charge in [0.25, 0.3) is 17.4 Å². The molecule has 1 aliphatic rings. The minimum atomic E-state index is -0.742. The average molecular weight is 587 g/mol. The fraction of sp³-hybridized carbons (Fsp3) is 0.464. The van der Waals surface area contributed by atoms with E-state index in [1.54, 1.807) is 51.9 Å². The lowest BCUT2D eigenvalue weighted by Crippen LogP contribution is -2.41. The van der Waals surface area contributed by atoms with Crippen LogP contribution in [0.25, 0.3) is 11.3 Å². The molecule has 1 saturated heterocycles. The molecule has 0 bridgehead atoms. The van der Waals surface area contributed by atoms with Crippen molar-refractivity contribution in [3.05, 3.63) is 55.6 Å². The third kappa shape index (κ3) is 6.47. The first kappa shape index (κ1) is 29.5. The number of halogens is 1. The quantitative estimate of drug-likeness (QED) is 0.438. The van der Waals surface area contributed by atoms with Gasteiger partial charge in [0.15, 0.2) is 0 Å². The molecule has 0 aliphatic carbocycles. The van der Waals surface area contributed by atoms with Crippen molar-refractivity contribution in [3.63, 3.8) is 0 Å². The minimum Gasteiger partial charge on any atom is -0.365 e. The molecule has 3 aromatic rings. The van der Waals surface area contributed by atoms with Gasteiger partial charge < -0.3 is 15.1 Å². The Morgan fingerprint density at radius 2 is 1.77 bits per heavy atom. The van der Waals surface area contributed by atoms with E-state index < -0.39 is 16.9 Å². The Balaban J connectivity index is 1.81. The van der Waals surface area contributed by atoms with Gasteiger partial charge in [0.05, 0.1) is 16.6 Å². The van der Waals surface area contributed by atoms with Crippen LogP contribution in [-0.4, -0.2) is 69.1 Å². The van der Waals surface area contributed by atoms with Crippen molar-refractivity contribution in [1.29, 1.82) is 0 Å². The smallest absolute Gasteiger partial charge is 0.270 e. The van der Waals surface area contributed by atoms with Gasteiger partial charge in [-0.2, -0.15) is 9.78 Å². The van der Waals surface area contributed by atoms with Crippen molar-refractivity contribution >= 4 is 46.5 Å². The molecule has 1 N–H and O–H groups in total. The maximum absolute atomic E-state index is 13.5. The fourth-order valence-corrected chi connectivity index (χ4v) is 5.53. The number of amides is 2. The zero-order valence-electron chi connectivity index (χ0n) is 23.5. The van der Waals surface area contributed by atoms with Crippen molar-refractivity contribution in [2.45, 2.75) is 53.1 Å². The molecule has 1 aliphatic heterocycles. The van der Waals surface area contributed by atoms with Gasteiger partial charge in [-0.15, -0.1) is 11.3 Å². The monoisotopic (exact) mass is 586 g/mol. The molecular formula is C28H35ClN6O4S. The number of hydrogen-bond donors (Lipinski definition) is 1. The predicted molar refractivity (Wildman–Crippen MR) is 157 cm³/mol. The molecule has 40 heavy (non-hydrogen) atoms. The number of aromatic nitrogens is 3. The number of anilines is 1. The molecule has 1 fully saturated rings. The maximum Gasteiger partial charge on any atom is 0.270 e. The molecule has 0 spiro atoms. The Labute approximate surface area is 242 Å². The number of nitrogens with zero attached hydrogens (tertiary/aromatic N) is 5. The van der Waals surface area contributed by atoms with Crippen LogP contribution in [0.15, 0.2) is 35.1 Å². The normalized spacial score (nSPS) is 13.8. The van der Waals surface area contributed by atoms with Gasteiger partial charge in [-0.25, -0.2) is 0 Å². The Kier molecular flexibility index (Phi) is 8.84. The van der Waals surface area contributed by atoms with Crippen LogP contribution in [0.2, 0.25) is 4.34 Å². The summed E-state index contributed by atoms with van der Waals surface area (Å²) < 4.78 is 3.17. The lowest BCUT2D eigenvalue weighted by atomic mass is 9.96. The molecule has 4 heterocycles. The molecule has 10 nitrogen and oxygen atoms in total. The van der Waals surface area contributed by atoms with Gasteiger partial charge >= 0.3 is 0 Å². The minimum absolute atomic E-state index is 0.0484. The molecule has 214 valence electrons. The molecular weight excluding hydrogens is 552 g/mol.